The largest absolute Gasteiger partial charge is 0.464 e. The molecule has 1 heterocycles. The summed E-state index contributed by atoms with van der Waals surface area (Å²) in [6, 6.07) is 33.6. The van der Waals surface area contributed by atoms with Gasteiger partial charge in [-0.2, -0.15) is 0 Å². The smallest absolute Gasteiger partial charge is 0.229 e. The number of aryl methyl sites for hydroxylation is 1. The van der Waals surface area contributed by atoms with Crippen molar-refractivity contribution in [3.8, 4) is 0 Å². The van der Waals surface area contributed by atoms with Crippen molar-refractivity contribution in [1.29, 1.82) is 0 Å². The van der Waals surface area contributed by atoms with Crippen molar-refractivity contribution in [2.75, 3.05) is 23.7 Å². The van der Waals surface area contributed by atoms with Crippen molar-refractivity contribution in [1.82, 2.24) is 5.32 Å². The zero-order chi connectivity index (χ0) is 30.5. The van der Waals surface area contributed by atoms with Gasteiger partial charge in [-0.15, -0.1) is 0 Å². The van der Waals surface area contributed by atoms with E-state index in [1.54, 1.807) is 6.07 Å². The molecule has 5 aromatic carbocycles. The highest BCUT2D eigenvalue weighted by molar-refractivity contribution is 5.96. The number of anilines is 2. The van der Waals surface area contributed by atoms with Gasteiger partial charge in [-0.05, 0) is 48.4 Å². The summed E-state index contributed by atoms with van der Waals surface area (Å²) in [5, 5.41) is 15.2. The van der Waals surface area contributed by atoms with E-state index in [0.717, 1.165) is 51.3 Å². The van der Waals surface area contributed by atoms with Gasteiger partial charge in [0.1, 0.15) is 5.58 Å². The van der Waals surface area contributed by atoms with Crippen LogP contribution in [0.4, 0.5) is 11.4 Å². The third kappa shape index (κ3) is 6.02. The highest BCUT2D eigenvalue weighted by Gasteiger charge is 2.33. The first kappa shape index (κ1) is 29.0. The molecule has 0 radical (unpaired) electrons. The van der Waals surface area contributed by atoms with Crippen molar-refractivity contribution < 1.29 is 9.21 Å². The molecule has 2 unspecified atom stereocenters. The monoisotopic (exact) mass is 583 g/mol. The van der Waals surface area contributed by atoms with Crippen LogP contribution in [0.15, 0.2) is 119 Å². The molecule has 6 aromatic rings. The predicted octanol–water partition coefficient (Wildman–Crippen LogP) is 8.00. The van der Waals surface area contributed by atoms with Crippen molar-refractivity contribution in [3.05, 3.63) is 131 Å². The molecule has 6 heteroatoms. The van der Waals surface area contributed by atoms with Crippen molar-refractivity contribution in [2.45, 2.75) is 38.6 Å². The number of benzene rings is 5. The summed E-state index contributed by atoms with van der Waals surface area (Å²) in [5.74, 6) is -1.05. The normalized spacial score (nSPS) is 12.7. The quantitative estimate of drug-likeness (QED) is 0.135. The fourth-order valence-electron chi connectivity index (χ4n) is 5.92. The van der Waals surface area contributed by atoms with E-state index >= 15 is 0 Å². The number of amides is 1. The van der Waals surface area contributed by atoms with E-state index in [9.17, 15) is 9.59 Å². The van der Waals surface area contributed by atoms with Gasteiger partial charge in [-0.3, -0.25) is 9.59 Å². The highest BCUT2D eigenvalue weighted by Crippen LogP contribution is 2.30. The number of hydrogen-bond acceptors (Lipinski definition) is 5. The summed E-state index contributed by atoms with van der Waals surface area (Å²) in [7, 11) is 0. The minimum atomic E-state index is -0.838. The Bertz CT molecular complexity index is 1990. The molecule has 0 aliphatic carbocycles. The number of nitrogens with one attached hydrogen (secondary N) is 3. The maximum atomic E-state index is 14.1. The van der Waals surface area contributed by atoms with Crippen LogP contribution < -0.4 is 21.4 Å². The minimum Gasteiger partial charge on any atom is -0.464 e. The minimum absolute atomic E-state index is 0.194. The average Bonchev–Trinajstić information content (AvgIpc) is 3.05. The number of carbonyl (C=O) groups is 1. The van der Waals surface area contributed by atoms with Crippen molar-refractivity contribution >= 4 is 49.8 Å². The maximum Gasteiger partial charge on any atom is 0.229 e. The van der Waals surface area contributed by atoms with Crippen LogP contribution in [0.3, 0.4) is 0 Å². The molecule has 44 heavy (non-hydrogen) atoms. The SMILES string of the molecule is CCCCNC(=O)C(c1coc2ccc(C)cc2c1=O)C(CNc1cccc2ccccc12)Nc1cccc2ccccc12. The zero-order valence-electron chi connectivity index (χ0n) is 25.1. The summed E-state index contributed by atoms with van der Waals surface area (Å²) in [6.45, 7) is 4.93. The predicted molar refractivity (Wildman–Crippen MR) is 182 cm³/mol. The van der Waals surface area contributed by atoms with E-state index in [1.807, 2.05) is 67.6 Å². The van der Waals surface area contributed by atoms with Gasteiger partial charge in [0.25, 0.3) is 0 Å². The summed E-state index contributed by atoms with van der Waals surface area (Å²) in [6.07, 6.45) is 3.27. The van der Waals surface area contributed by atoms with Gasteiger partial charge in [0.2, 0.25) is 5.91 Å². The Morgan fingerprint density at radius 3 is 2.18 bits per heavy atom. The Balaban J connectivity index is 1.47. The van der Waals surface area contributed by atoms with E-state index in [0.29, 0.717) is 29.6 Å². The molecular formula is C38H37N3O3. The van der Waals surface area contributed by atoms with Gasteiger partial charge in [0.05, 0.1) is 23.6 Å². The lowest BCUT2D eigenvalue weighted by Gasteiger charge is -2.29. The second kappa shape index (κ2) is 13.0. The van der Waals surface area contributed by atoms with Gasteiger partial charge in [0.15, 0.2) is 5.43 Å². The fourth-order valence-corrected chi connectivity index (χ4v) is 5.92. The van der Waals surface area contributed by atoms with Gasteiger partial charge >= 0.3 is 0 Å². The molecule has 0 fully saturated rings. The fraction of sp³-hybridized carbons (Fsp3) is 0.211. The molecule has 1 amide bonds. The Labute approximate surface area is 257 Å². The summed E-state index contributed by atoms with van der Waals surface area (Å²) in [4.78, 5) is 28.2. The van der Waals surface area contributed by atoms with Crippen LogP contribution >= 0.6 is 0 Å². The third-order valence-electron chi connectivity index (χ3n) is 8.24. The molecule has 0 saturated carbocycles. The molecule has 6 rings (SSSR count). The molecule has 0 bridgehead atoms. The van der Waals surface area contributed by atoms with Crippen LogP contribution in [-0.2, 0) is 4.79 Å². The molecule has 0 aliphatic rings. The second-order valence-electron chi connectivity index (χ2n) is 11.3. The summed E-state index contributed by atoms with van der Waals surface area (Å²) < 4.78 is 6.00. The number of carbonyl (C=O) groups excluding carboxylic acids is 1. The van der Waals surface area contributed by atoms with Crippen LogP contribution in [-0.4, -0.2) is 25.0 Å². The lowest BCUT2D eigenvalue weighted by atomic mass is 9.89. The molecule has 6 nitrogen and oxygen atoms in total. The van der Waals surface area contributed by atoms with Crippen molar-refractivity contribution in [3.63, 3.8) is 0 Å². The summed E-state index contributed by atoms with van der Waals surface area (Å²) >= 11 is 0. The van der Waals surface area contributed by atoms with E-state index in [2.05, 4.69) is 59.3 Å². The average molecular weight is 584 g/mol. The van der Waals surface area contributed by atoms with Crippen LogP contribution in [0.2, 0.25) is 0 Å². The van der Waals surface area contributed by atoms with E-state index < -0.39 is 12.0 Å². The molecular weight excluding hydrogens is 546 g/mol. The molecule has 0 aliphatic heterocycles. The van der Waals surface area contributed by atoms with Gasteiger partial charge in [-0.25, -0.2) is 0 Å². The van der Waals surface area contributed by atoms with Gasteiger partial charge < -0.3 is 20.4 Å². The Morgan fingerprint density at radius 2 is 1.45 bits per heavy atom. The first-order valence-electron chi connectivity index (χ1n) is 15.3. The molecule has 1 aromatic heterocycles. The molecule has 2 atom stereocenters. The first-order valence-corrected chi connectivity index (χ1v) is 15.3. The lowest BCUT2D eigenvalue weighted by Crippen LogP contribution is -2.45. The van der Waals surface area contributed by atoms with Crippen LogP contribution in [0.1, 0.15) is 36.8 Å². The topological polar surface area (TPSA) is 83.4 Å². The Kier molecular flexibility index (Phi) is 8.59. The number of unbranched alkanes of at least 4 members (excludes halogenated alkanes) is 1. The maximum absolute atomic E-state index is 14.1. The van der Waals surface area contributed by atoms with Crippen LogP contribution in [0, 0.1) is 6.92 Å². The standard InChI is InChI=1S/C38H37N3O3/c1-3-4-21-39-38(43)36(31-24-44-35-20-19-25(2)22-30(35)37(31)42)34(41-33-18-10-14-27-12-6-8-16-29(27)33)23-40-32-17-9-13-26-11-5-7-15-28(26)32/h5-20,22,24,34,36,40-41H,3-4,21,23H2,1-2H3,(H,39,43). The van der Waals surface area contributed by atoms with E-state index in [-0.39, 0.29) is 11.3 Å². The van der Waals surface area contributed by atoms with Crippen LogP contribution in [0.5, 0.6) is 0 Å². The second-order valence-corrected chi connectivity index (χ2v) is 11.3. The lowest BCUT2D eigenvalue weighted by molar-refractivity contribution is -0.122. The third-order valence-corrected chi connectivity index (χ3v) is 8.24. The van der Waals surface area contributed by atoms with E-state index in [4.69, 9.17) is 4.42 Å². The Hall–Kier alpha value is -5.10. The van der Waals surface area contributed by atoms with E-state index in [1.165, 1.54) is 6.26 Å². The molecule has 3 N–H and O–H groups in total. The highest BCUT2D eigenvalue weighted by atomic mass is 16.3. The molecule has 222 valence electrons. The summed E-state index contributed by atoms with van der Waals surface area (Å²) in [5.41, 5.74) is 3.44. The van der Waals surface area contributed by atoms with Gasteiger partial charge in [0, 0.05) is 40.8 Å². The number of fused-ring (bicyclic) bond motifs is 3. The Morgan fingerprint density at radius 1 is 0.795 bits per heavy atom. The number of rotatable bonds is 11. The van der Waals surface area contributed by atoms with Gasteiger partial charge in [-0.1, -0.05) is 97.8 Å². The zero-order valence-corrected chi connectivity index (χ0v) is 25.1. The van der Waals surface area contributed by atoms with Crippen LogP contribution in [0.25, 0.3) is 32.5 Å². The van der Waals surface area contributed by atoms with Crippen molar-refractivity contribution in [2.24, 2.45) is 0 Å². The molecule has 0 saturated heterocycles. The first-order chi connectivity index (χ1) is 21.5. The number of hydrogen-bond donors (Lipinski definition) is 3. The molecule has 0 spiro atoms.